The number of thiazole rings is 1. The lowest BCUT2D eigenvalue weighted by Gasteiger charge is -2.31. The highest BCUT2D eigenvalue weighted by molar-refractivity contribution is 7.22. The molecule has 8 heteroatoms. The monoisotopic (exact) mass is 467 g/mol. The number of carbonyl (C=O) groups is 1. The Kier molecular flexibility index (Phi) is 6.48. The van der Waals surface area contributed by atoms with Crippen molar-refractivity contribution in [3.05, 3.63) is 47.5 Å². The molecule has 2 aliphatic heterocycles. The summed E-state index contributed by atoms with van der Waals surface area (Å²) < 4.78 is 18.5. The van der Waals surface area contributed by atoms with E-state index in [4.69, 9.17) is 19.2 Å². The van der Waals surface area contributed by atoms with Gasteiger partial charge in [0, 0.05) is 26.2 Å². The second-order valence-electron chi connectivity index (χ2n) is 8.54. The Bertz CT molecular complexity index is 1100. The molecule has 5 rings (SSSR count). The number of carbonyl (C=O) groups excluding carboxylic acids is 1. The van der Waals surface area contributed by atoms with Gasteiger partial charge in [0.05, 0.1) is 23.4 Å². The molecular formula is C25H29N3O4S. The summed E-state index contributed by atoms with van der Waals surface area (Å²) in [6.45, 7) is 9.24. The predicted octanol–water partition coefficient (Wildman–Crippen LogP) is 3.81. The van der Waals surface area contributed by atoms with Crippen molar-refractivity contribution in [2.45, 2.75) is 26.4 Å². The summed E-state index contributed by atoms with van der Waals surface area (Å²) in [4.78, 5) is 22.8. The number of aryl methyl sites for hydroxylation is 2. The van der Waals surface area contributed by atoms with Crippen LogP contribution >= 0.6 is 11.3 Å². The minimum atomic E-state index is -0.697. The number of aromatic nitrogens is 1. The molecule has 0 spiro atoms. The number of para-hydroxylation sites is 2. The number of amides is 1. The van der Waals surface area contributed by atoms with Crippen molar-refractivity contribution in [3.8, 4) is 11.5 Å². The second kappa shape index (κ2) is 9.67. The van der Waals surface area contributed by atoms with E-state index in [0.29, 0.717) is 18.0 Å². The highest BCUT2D eigenvalue weighted by Gasteiger charge is 2.33. The van der Waals surface area contributed by atoms with Gasteiger partial charge in [0.2, 0.25) is 6.10 Å². The molecule has 33 heavy (non-hydrogen) atoms. The summed E-state index contributed by atoms with van der Waals surface area (Å²) in [6.07, 6.45) is 0.154. The van der Waals surface area contributed by atoms with Crippen molar-refractivity contribution >= 4 is 32.6 Å². The lowest BCUT2D eigenvalue weighted by molar-refractivity contribution is -0.127. The molecule has 1 atom stereocenters. The van der Waals surface area contributed by atoms with E-state index in [1.165, 1.54) is 5.56 Å². The molecule has 0 radical (unpaired) electrons. The largest absolute Gasteiger partial charge is 0.485 e. The minimum absolute atomic E-state index is 0.110. The van der Waals surface area contributed by atoms with E-state index in [-0.39, 0.29) is 12.5 Å². The number of anilines is 1. The van der Waals surface area contributed by atoms with Gasteiger partial charge in [-0.15, -0.1) is 0 Å². The smallest absolute Gasteiger partial charge is 0.273 e. The standard InChI is InChI=1S/C25H29N3O4S/c1-17-8-9-18(2)23-22(17)26-25(33-23)28(11-5-10-27-12-14-30-15-13-27)24(29)21-16-31-19-6-3-4-7-20(19)32-21/h3-4,6-9,21H,5,10-16H2,1-2H3. The second-order valence-corrected chi connectivity index (χ2v) is 9.51. The number of fused-ring (bicyclic) bond motifs is 2. The fourth-order valence-electron chi connectivity index (χ4n) is 4.26. The van der Waals surface area contributed by atoms with Crippen LogP contribution < -0.4 is 14.4 Å². The van der Waals surface area contributed by atoms with Crippen LogP contribution in [0.25, 0.3) is 10.2 Å². The van der Waals surface area contributed by atoms with Gasteiger partial charge in [-0.05, 0) is 43.5 Å². The first kappa shape index (κ1) is 22.1. The summed E-state index contributed by atoms with van der Waals surface area (Å²) in [5, 5.41) is 0.719. The summed E-state index contributed by atoms with van der Waals surface area (Å²) in [5.41, 5.74) is 3.25. The third-order valence-electron chi connectivity index (χ3n) is 6.17. The Hall–Kier alpha value is -2.68. The SMILES string of the molecule is Cc1ccc(C)c2sc(N(CCCN3CCOCC3)C(=O)C3COc4ccccc4O3)nc12. The molecule has 0 bridgehead atoms. The minimum Gasteiger partial charge on any atom is -0.485 e. The number of hydrogen-bond donors (Lipinski definition) is 0. The van der Waals surface area contributed by atoms with Crippen molar-refractivity contribution in [2.75, 3.05) is 50.9 Å². The fraction of sp³-hybridized carbons (Fsp3) is 0.440. The van der Waals surface area contributed by atoms with E-state index in [1.54, 1.807) is 16.2 Å². The van der Waals surface area contributed by atoms with Crippen LogP contribution in [0, 0.1) is 13.8 Å². The topological polar surface area (TPSA) is 64.1 Å². The van der Waals surface area contributed by atoms with Gasteiger partial charge in [0.1, 0.15) is 6.61 Å². The van der Waals surface area contributed by atoms with Gasteiger partial charge < -0.3 is 14.2 Å². The van der Waals surface area contributed by atoms with Crippen molar-refractivity contribution in [2.24, 2.45) is 0 Å². The Morgan fingerprint density at radius 2 is 1.88 bits per heavy atom. The summed E-state index contributed by atoms with van der Waals surface area (Å²) in [6, 6.07) is 11.7. The van der Waals surface area contributed by atoms with Crippen molar-refractivity contribution < 1.29 is 19.0 Å². The number of ether oxygens (including phenoxy) is 3. The zero-order valence-electron chi connectivity index (χ0n) is 19.1. The highest BCUT2D eigenvalue weighted by atomic mass is 32.1. The lowest BCUT2D eigenvalue weighted by atomic mass is 10.1. The Labute approximate surface area is 197 Å². The molecule has 1 fully saturated rings. The Morgan fingerprint density at radius 3 is 2.67 bits per heavy atom. The van der Waals surface area contributed by atoms with Crippen LogP contribution in [0.2, 0.25) is 0 Å². The van der Waals surface area contributed by atoms with Crippen LogP contribution in [-0.2, 0) is 9.53 Å². The quantitative estimate of drug-likeness (QED) is 0.549. The first-order chi connectivity index (χ1) is 16.1. The normalized spacial score (nSPS) is 18.4. The number of morpholine rings is 1. The average Bonchev–Trinajstić information content (AvgIpc) is 3.31. The molecule has 2 aromatic carbocycles. The molecule has 7 nitrogen and oxygen atoms in total. The van der Waals surface area contributed by atoms with Crippen LogP contribution in [0.5, 0.6) is 11.5 Å². The van der Waals surface area contributed by atoms with Gasteiger partial charge in [-0.25, -0.2) is 4.98 Å². The number of rotatable bonds is 6. The van der Waals surface area contributed by atoms with Crippen LogP contribution in [-0.4, -0.2) is 67.9 Å². The van der Waals surface area contributed by atoms with Gasteiger partial charge in [-0.3, -0.25) is 14.6 Å². The van der Waals surface area contributed by atoms with Gasteiger partial charge in [-0.1, -0.05) is 35.6 Å². The molecule has 3 aromatic rings. The summed E-state index contributed by atoms with van der Waals surface area (Å²) in [7, 11) is 0. The first-order valence-electron chi connectivity index (χ1n) is 11.5. The zero-order chi connectivity index (χ0) is 22.8. The maximum absolute atomic E-state index is 13.7. The first-order valence-corrected chi connectivity index (χ1v) is 12.3. The molecule has 2 aliphatic rings. The molecular weight excluding hydrogens is 438 g/mol. The van der Waals surface area contributed by atoms with E-state index < -0.39 is 6.10 Å². The number of nitrogens with zero attached hydrogens (tertiary/aromatic N) is 3. The summed E-state index contributed by atoms with van der Waals surface area (Å²) in [5.74, 6) is 1.17. The van der Waals surface area contributed by atoms with E-state index in [1.807, 2.05) is 24.3 Å². The fourth-order valence-corrected chi connectivity index (χ4v) is 5.40. The van der Waals surface area contributed by atoms with Gasteiger partial charge in [0.25, 0.3) is 5.91 Å². The van der Waals surface area contributed by atoms with Gasteiger partial charge in [-0.2, -0.15) is 0 Å². The molecule has 0 N–H and O–H groups in total. The van der Waals surface area contributed by atoms with Crippen molar-refractivity contribution in [3.63, 3.8) is 0 Å². The molecule has 0 saturated carbocycles. The van der Waals surface area contributed by atoms with Crippen LogP contribution in [0.3, 0.4) is 0 Å². The lowest BCUT2D eigenvalue weighted by Crippen LogP contribution is -2.47. The molecule has 174 valence electrons. The van der Waals surface area contributed by atoms with Crippen LogP contribution in [0.15, 0.2) is 36.4 Å². The van der Waals surface area contributed by atoms with Gasteiger partial charge in [0.15, 0.2) is 16.6 Å². The maximum atomic E-state index is 13.7. The van der Waals surface area contributed by atoms with Crippen molar-refractivity contribution in [1.29, 1.82) is 0 Å². The Morgan fingerprint density at radius 1 is 1.12 bits per heavy atom. The number of benzene rings is 2. The number of hydrogen-bond acceptors (Lipinski definition) is 7. The molecule has 1 amide bonds. The van der Waals surface area contributed by atoms with E-state index in [9.17, 15) is 4.79 Å². The maximum Gasteiger partial charge on any atom is 0.273 e. The summed E-state index contributed by atoms with van der Waals surface area (Å²) >= 11 is 1.57. The van der Waals surface area contributed by atoms with E-state index >= 15 is 0 Å². The third-order valence-corrected chi connectivity index (χ3v) is 7.39. The Balaban J connectivity index is 1.39. The molecule has 1 unspecified atom stereocenters. The molecule has 1 aromatic heterocycles. The van der Waals surface area contributed by atoms with Gasteiger partial charge >= 0.3 is 0 Å². The molecule has 0 aliphatic carbocycles. The van der Waals surface area contributed by atoms with Crippen LogP contribution in [0.1, 0.15) is 17.5 Å². The van der Waals surface area contributed by atoms with E-state index in [0.717, 1.165) is 60.2 Å². The van der Waals surface area contributed by atoms with Crippen LogP contribution in [0.4, 0.5) is 5.13 Å². The third kappa shape index (κ3) is 4.69. The average molecular weight is 468 g/mol. The van der Waals surface area contributed by atoms with E-state index in [2.05, 4.69) is 30.9 Å². The molecule has 1 saturated heterocycles. The highest BCUT2D eigenvalue weighted by Crippen LogP contribution is 2.35. The molecule has 3 heterocycles. The van der Waals surface area contributed by atoms with Crippen molar-refractivity contribution in [1.82, 2.24) is 9.88 Å². The zero-order valence-corrected chi connectivity index (χ0v) is 19.9. The predicted molar refractivity (Wildman–Crippen MR) is 130 cm³/mol.